The van der Waals surface area contributed by atoms with E-state index in [4.69, 9.17) is 4.74 Å². The number of carbonyl (C=O) groups excluding carboxylic acids is 1. The van der Waals surface area contributed by atoms with Crippen LogP contribution in [0.5, 0.6) is 5.75 Å². The van der Waals surface area contributed by atoms with Crippen molar-refractivity contribution in [2.45, 2.75) is 38.5 Å². The summed E-state index contributed by atoms with van der Waals surface area (Å²) in [7, 11) is 0. The average molecular weight is 525 g/mol. The predicted molar refractivity (Wildman–Crippen MR) is 157 cm³/mol. The third-order valence-corrected chi connectivity index (χ3v) is 9.15. The molecule has 2 aliphatic rings. The molecule has 0 radical (unpaired) electrons. The minimum Gasteiger partial charge on any atom is -0.478 e. The van der Waals surface area contributed by atoms with Crippen molar-refractivity contribution in [3.63, 3.8) is 0 Å². The number of piperidine rings is 1. The van der Waals surface area contributed by atoms with Gasteiger partial charge in [-0.15, -0.1) is 11.3 Å². The van der Waals surface area contributed by atoms with E-state index in [1.165, 1.54) is 50.8 Å². The second kappa shape index (κ2) is 11.8. The molecule has 1 aromatic heterocycles. The van der Waals surface area contributed by atoms with Crippen LogP contribution in [0.4, 0.5) is 0 Å². The molecule has 2 aliphatic heterocycles. The van der Waals surface area contributed by atoms with Gasteiger partial charge in [0.15, 0.2) is 5.78 Å². The van der Waals surface area contributed by atoms with Gasteiger partial charge in [0, 0.05) is 45.7 Å². The molecule has 0 bridgehead atoms. The Hall–Kier alpha value is -2.99. The van der Waals surface area contributed by atoms with Crippen LogP contribution < -0.4 is 4.74 Å². The molecule has 0 amide bonds. The first-order valence-corrected chi connectivity index (χ1v) is 14.9. The van der Waals surface area contributed by atoms with Crippen LogP contribution >= 0.6 is 11.3 Å². The van der Waals surface area contributed by atoms with Gasteiger partial charge in [0.25, 0.3) is 0 Å². The Morgan fingerprint density at radius 2 is 1.45 bits per heavy atom. The van der Waals surface area contributed by atoms with E-state index in [1.54, 1.807) is 11.3 Å². The molecule has 2 saturated heterocycles. The molecular formula is C33H36N2O2S. The van der Waals surface area contributed by atoms with E-state index in [-0.39, 0.29) is 5.78 Å². The van der Waals surface area contributed by atoms with Crippen molar-refractivity contribution in [1.82, 2.24) is 9.80 Å². The second-order valence-electron chi connectivity index (χ2n) is 10.6. The lowest BCUT2D eigenvalue weighted by atomic mass is 9.97. The van der Waals surface area contributed by atoms with Crippen LogP contribution in [-0.4, -0.2) is 55.0 Å². The molecule has 3 aromatic carbocycles. The van der Waals surface area contributed by atoms with Crippen molar-refractivity contribution in [2.24, 2.45) is 0 Å². The van der Waals surface area contributed by atoms with E-state index in [1.807, 2.05) is 36.4 Å². The van der Waals surface area contributed by atoms with Gasteiger partial charge in [-0.1, -0.05) is 48.9 Å². The number of carbonyl (C=O) groups is 1. The third kappa shape index (κ3) is 5.70. The van der Waals surface area contributed by atoms with E-state index < -0.39 is 0 Å². The number of ketones is 1. The van der Waals surface area contributed by atoms with E-state index >= 15 is 0 Å². The number of hydrogen-bond donors (Lipinski definition) is 0. The van der Waals surface area contributed by atoms with Crippen LogP contribution in [0.15, 0.2) is 72.8 Å². The maximum absolute atomic E-state index is 13.9. The van der Waals surface area contributed by atoms with Crippen LogP contribution in [0, 0.1) is 0 Å². The quantitative estimate of drug-likeness (QED) is 0.216. The number of hydrogen-bond acceptors (Lipinski definition) is 5. The zero-order valence-electron chi connectivity index (χ0n) is 22.0. The summed E-state index contributed by atoms with van der Waals surface area (Å²) in [5, 5.41) is 1.03. The molecule has 0 unspecified atom stereocenters. The summed E-state index contributed by atoms with van der Waals surface area (Å²) in [5.74, 6) is 0.880. The summed E-state index contributed by atoms with van der Waals surface area (Å²) >= 11 is 1.71. The maximum Gasteiger partial charge on any atom is 0.195 e. The highest BCUT2D eigenvalue weighted by atomic mass is 32.1. The number of thiophene rings is 1. The summed E-state index contributed by atoms with van der Waals surface area (Å²) in [6, 6.07) is 24.8. The second-order valence-corrected chi connectivity index (χ2v) is 11.7. The van der Waals surface area contributed by atoms with Crippen molar-refractivity contribution in [3.8, 4) is 16.2 Å². The lowest BCUT2D eigenvalue weighted by Gasteiger charge is -2.26. The van der Waals surface area contributed by atoms with Crippen LogP contribution in [0.2, 0.25) is 0 Å². The molecule has 0 saturated carbocycles. The first-order valence-electron chi connectivity index (χ1n) is 14.1. The normalized spacial score (nSPS) is 16.7. The Kier molecular flexibility index (Phi) is 7.86. The molecule has 2 fully saturated rings. The highest BCUT2D eigenvalue weighted by Gasteiger charge is 2.22. The number of benzene rings is 3. The molecule has 4 aromatic rings. The summed E-state index contributed by atoms with van der Waals surface area (Å²) < 4.78 is 7.16. The van der Waals surface area contributed by atoms with Crippen molar-refractivity contribution in [2.75, 3.05) is 39.5 Å². The highest BCUT2D eigenvalue weighted by molar-refractivity contribution is 7.22. The molecule has 0 aliphatic carbocycles. The SMILES string of the molecule is O=C(c1ccc(OCN2CCCCC2)cc1)c1c(-c2ccc(CCN3CCCC3)cc2)sc2ccccc12. The first kappa shape index (κ1) is 25.3. The molecule has 6 rings (SSSR count). The Morgan fingerprint density at radius 1 is 0.763 bits per heavy atom. The van der Waals surface area contributed by atoms with Gasteiger partial charge < -0.3 is 9.64 Å². The monoisotopic (exact) mass is 524 g/mol. The molecular weight excluding hydrogens is 488 g/mol. The summed E-state index contributed by atoms with van der Waals surface area (Å²) in [6.07, 6.45) is 7.54. The van der Waals surface area contributed by atoms with Crippen LogP contribution in [0.1, 0.15) is 53.6 Å². The van der Waals surface area contributed by atoms with E-state index in [9.17, 15) is 4.79 Å². The van der Waals surface area contributed by atoms with Crippen LogP contribution in [0.25, 0.3) is 20.5 Å². The number of fused-ring (bicyclic) bond motifs is 1. The lowest BCUT2D eigenvalue weighted by molar-refractivity contribution is 0.103. The fourth-order valence-electron chi connectivity index (χ4n) is 5.69. The molecule has 0 atom stereocenters. The summed E-state index contributed by atoms with van der Waals surface area (Å²) in [5.41, 5.74) is 3.97. The van der Waals surface area contributed by atoms with Gasteiger partial charge in [0.2, 0.25) is 0 Å². The van der Waals surface area contributed by atoms with Crippen molar-refractivity contribution >= 4 is 27.2 Å². The lowest BCUT2D eigenvalue weighted by Crippen LogP contribution is -2.33. The molecule has 5 heteroatoms. The Balaban J connectivity index is 1.21. The number of nitrogens with zero attached hydrogens (tertiary/aromatic N) is 2. The minimum atomic E-state index is 0.0677. The van der Waals surface area contributed by atoms with Crippen LogP contribution in [0.3, 0.4) is 0 Å². The zero-order valence-corrected chi connectivity index (χ0v) is 22.8. The molecule has 3 heterocycles. The van der Waals surface area contributed by atoms with Crippen molar-refractivity contribution in [3.05, 3.63) is 89.5 Å². The van der Waals surface area contributed by atoms with Crippen molar-refractivity contribution in [1.29, 1.82) is 0 Å². The van der Waals surface area contributed by atoms with Gasteiger partial charge in [-0.25, -0.2) is 0 Å². The smallest absolute Gasteiger partial charge is 0.195 e. The first-order chi connectivity index (χ1) is 18.7. The summed E-state index contributed by atoms with van der Waals surface area (Å²) in [6.45, 7) is 6.41. The number of likely N-dealkylation sites (tertiary alicyclic amines) is 2. The fraction of sp³-hybridized carbons (Fsp3) is 0.364. The molecule has 0 spiro atoms. The maximum atomic E-state index is 13.9. The van der Waals surface area contributed by atoms with Gasteiger partial charge in [-0.2, -0.15) is 0 Å². The Bertz CT molecular complexity index is 1360. The largest absolute Gasteiger partial charge is 0.478 e. The topological polar surface area (TPSA) is 32.8 Å². The molecule has 38 heavy (non-hydrogen) atoms. The highest BCUT2D eigenvalue weighted by Crippen LogP contribution is 2.40. The van der Waals surface area contributed by atoms with E-state index in [0.29, 0.717) is 12.3 Å². The Morgan fingerprint density at radius 3 is 2.21 bits per heavy atom. The van der Waals surface area contributed by atoms with Crippen LogP contribution in [-0.2, 0) is 6.42 Å². The predicted octanol–water partition coefficient (Wildman–Crippen LogP) is 7.26. The fourth-order valence-corrected chi connectivity index (χ4v) is 6.90. The number of ether oxygens (including phenoxy) is 1. The number of rotatable bonds is 9. The molecule has 0 N–H and O–H groups in total. The van der Waals surface area contributed by atoms with Gasteiger partial charge in [-0.05, 0) is 86.7 Å². The standard InChI is InChI=1S/C33H36N2O2S/c36-32(26-14-16-28(17-15-26)37-24-35-21-4-1-5-22-35)31-29-8-2-3-9-30(29)38-33(31)27-12-10-25(11-13-27)18-23-34-19-6-7-20-34/h2-3,8-17H,1,4-7,18-24H2. The third-order valence-electron chi connectivity index (χ3n) is 7.93. The molecule has 196 valence electrons. The van der Waals surface area contributed by atoms with Gasteiger partial charge in [0.05, 0.1) is 0 Å². The zero-order chi connectivity index (χ0) is 25.7. The Labute approximate surface area is 229 Å². The van der Waals surface area contributed by atoms with Gasteiger partial charge in [0.1, 0.15) is 12.5 Å². The van der Waals surface area contributed by atoms with Crippen molar-refractivity contribution < 1.29 is 9.53 Å². The molecule has 4 nitrogen and oxygen atoms in total. The van der Waals surface area contributed by atoms with E-state index in [2.05, 4.69) is 46.2 Å². The minimum absolute atomic E-state index is 0.0677. The average Bonchev–Trinajstić information content (AvgIpc) is 3.64. The summed E-state index contributed by atoms with van der Waals surface area (Å²) in [4.78, 5) is 19.9. The van der Waals surface area contributed by atoms with Gasteiger partial charge >= 0.3 is 0 Å². The van der Waals surface area contributed by atoms with Gasteiger partial charge in [-0.3, -0.25) is 9.69 Å². The van der Waals surface area contributed by atoms with E-state index in [0.717, 1.165) is 57.9 Å².